The van der Waals surface area contributed by atoms with E-state index < -0.39 is 0 Å². The van der Waals surface area contributed by atoms with Gasteiger partial charge in [0.15, 0.2) is 0 Å². The fourth-order valence-electron chi connectivity index (χ4n) is 1.86. The van der Waals surface area contributed by atoms with Crippen LogP contribution in [0.5, 0.6) is 0 Å². The third-order valence-electron chi connectivity index (χ3n) is 2.99. The van der Waals surface area contributed by atoms with Gasteiger partial charge in [-0.2, -0.15) is 0 Å². The SMILES string of the molecule is Cc1cc(Br)c(NCc2cccn2C)cc1[N+](=O)[O-]. The molecule has 1 aromatic carbocycles. The van der Waals surface area contributed by atoms with Gasteiger partial charge in [-0.15, -0.1) is 0 Å². The summed E-state index contributed by atoms with van der Waals surface area (Å²) in [6, 6.07) is 7.28. The number of hydrogen-bond acceptors (Lipinski definition) is 3. The first-order valence-corrected chi connectivity index (χ1v) is 6.57. The second kappa shape index (κ2) is 5.44. The molecular weight excluding hydrogens is 310 g/mol. The molecule has 1 N–H and O–H groups in total. The van der Waals surface area contributed by atoms with Crippen molar-refractivity contribution in [2.24, 2.45) is 7.05 Å². The van der Waals surface area contributed by atoms with Crippen molar-refractivity contribution in [3.8, 4) is 0 Å². The molecule has 0 atom stereocenters. The Labute approximate surface area is 119 Å². The smallest absolute Gasteiger partial charge is 0.274 e. The molecule has 1 aromatic heterocycles. The number of nitro groups is 1. The minimum Gasteiger partial charge on any atom is -0.378 e. The number of nitrogens with one attached hydrogen (secondary N) is 1. The van der Waals surface area contributed by atoms with E-state index in [1.54, 1.807) is 19.1 Å². The molecule has 0 spiro atoms. The molecule has 0 bridgehead atoms. The average molecular weight is 324 g/mol. The van der Waals surface area contributed by atoms with Gasteiger partial charge >= 0.3 is 0 Å². The Kier molecular flexibility index (Phi) is 3.90. The lowest BCUT2D eigenvalue weighted by Gasteiger charge is -2.10. The molecule has 0 amide bonds. The van der Waals surface area contributed by atoms with Crippen molar-refractivity contribution in [2.75, 3.05) is 5.32 Å². The second-order valence-corrected chi connectivity index (χ2v) is 5.19. The van der Waals surface area contributed by atoms with Gasteiger partial charge in [-0.25, -0.2) is 0 Å². The number of aromatic nitrogens is 1. The van der Waals surface area contributed by atoms with Crippen LogP contribution in [0.4, 0.5) is 11.4 Å². The van der Waals surface area contributed by atoms with Gasteiger partial charge in [0, 0.05) is 35.0 Å². The molecule has 0 aliphatic carbocycles. The largest absolute Gasteiger partial charge is 0.378 e. The van der Waals surface area contributed by atoms with Crippen molar-refractivity contribution in [3.05, 3.63) is 56.3 Å². The summed E-state index contributed by atoms with van der Waals surface area (Å²) in [6.45, 7) is 2.34. The fourth-order valence-corrected chi connectivity index (χ4v) is 2.46. The van der Waals surface area contributed by atoms with E-state index in [1.807, 2.05) is 29.9 Å². The zero-order valence-corrected chi connectivity index (χ0v) is 12.3. The molecule has 6 heteroatoms. The van der Waals surface area contributed by atoms with E-state index in [2.05, 4.69) is 21.2 Å². The topological polar surface area (TPSA) is 60.1 Å². The van der Waals surface area contributed by atoms with Crippen LogP contribution >= 0.6 is 15.9 Å². The number of hydrogen-bond donors (Lipinski definition) is 1. The van der Waals surface area contributed by atoms with Crippen molar-refractivity contribution in [2.45, 2.75) is 13.5 Å². The van der Waals surface area contributed by atoms with Crippen molar-refractivity contribution >= 4 is 27.3 Å². The molecular formula is C13H14BrN3O2. The van der Waals surface area contributed by atoms with E-state index in [9.17, 15) is 10.1 Å². The van der Waals surface area contributed by atoms with E-state index in [4.69, 9.17) is 0 Å². The first-order valence-electron chi connectivity index (χ1n) is 5.77. The van der Waals surface area contributed by atoms with E-state index in [0.29, 0.717) is 12.1 Å². The maximum atomic E-state index is 10.9. The summed E-state index contributed by atoms with van der Waals surface area (Å²) in [5.74, 6) is 0. The summed E-state index contributed by atoms with van der Waals surface area (Å²) in [7, 11) is 1.96. The van der Waals surface area contributed by atoms with Crippen LogP contribution in [0.15, 0.2) is 34.9 Å². The van der Waals surface area contributed by atoms with Crippen LogP contribution in [0.2, 0.25) is 0 Å². The number of rotatable bonds is 4. The predicted molar refractivity (Wildman–Crippen MR) is 78.3 cm³/mol. The molecule has 0 fully saturated rings. The summed E-state index contributed by atoms with van der Waals surface area (Å²) >= 11 is 3.42. The lowest BCUT2D eigenvalue weighted by atomic mass is 10.2. The lowest BCUT2D eigenvalue weighted by Crippen LogP contribution is -2.05. The maximum absolute atomic E-state index is 10.9. The van der Waals surface area contributed by atoms with Crippen molar-refractivity contribution in [1.29, 1.82) is 0 Å². The summed E-state index contributed by atoms with van der Waals surface area (Å²) in [5, 5.41) is 14.1. The Morgan fingerprint density at radius 3 is 2.79 bits per heavy atom. The number of aryl methyl sites for hydroxylation is 2. The van der Waals surface area contributed by atoms with Crippen LogP contribution in [0, 0.1) is 17.0 Å². The first kappa shape index (κ1) is 13.6. The first-order chi connectivity index (χ1) is 8.99. The van der Waals surface area contributed by atoms with Crippen LogP contribution in [0.1, 0.15) is 11.3 Å². The molecule has 5 nitrogen and oxygen atoms in total. The Bertz CT molecular complexity index is 622. The van der Waals surface area contributed by atoms with E-state index in [1.165, 1.54) is 0 Å². The third-order valence-corrected chi connectivity index (χ3v) is 3.65. The van der Waals surface area contributed by atoms with Crippen LogP contribution in [-0.2, 0) is 13.6 Å². The van der Waals surface area contributed by atoms with Gasteiger partial charge in [0.25, 0.3) is 5.69 Å². The highest BCUT2D eigenvalue weighted by atomic mass is 79.9. The van der Waals surface area contributed by atoms with Gasteiger partial charge < -0.3 is 9.88 Å². The van der Waals surface area contributed by atoms with Gasteiger partial charge in [0.2, 0.25) is 0 Å². The van der Waals surface area contributed by atoms with E-state index >= 15 is 0 Å². The summed E-state index contributed by atoms with van der Waals surface area (Å²) < 4.78 is 2.83. The number of anilines is 1. The highest BCUT2D eigenvalue weighted by molar-refractivity contribution is 9.10. The normalized spacial score (nSPS) is 10.5. The quantitative estimate of drug-likeness (QED) is 0.690. The van der Waals surface area contributed by atoms with Gasteiger partial charge in [-0.05, 0) is 41.1 Å². The molecule has 0 unspecified atom stereocenters. The van der Waals surface area contributed by atoms with Gasteiger partial charge in [0.05, 0.1) is 17.2 Å². The molecule has 100 valence electrons. The molecule has 0 saturated heterocycles. The second-order valence-electron chi connectivity index (χ2n) is 4.34. The molecule has 0 radical (unpaired) electrons. The van der Waals surface area contributed by atoms with E-state index in [-0.39, 0.29) is 10.6 Å². The lowest BCUT2D eigenvalue weighted by molar-refractivity contribution is -0.385. The van der Waals surface area contributed by atoms with Gasteiger partial charge in [-0.1, -0.05) is 0 Å². The standard InChI is InChI=1S/C13H14BrN3O2/c1-9-6-11(14)12(7-13(9)17(18)19)15-8-10-4-3-5-16(10)2/h3-7,15H,8H2,1-2H3. The third kappa shape index (κ3) is 2.96. The highest BCUT2D eigenvalue weighted by Gasteiger charge is 2.14. The molecule has 0 aliphatic rings. The average Bonchev–Trinajstić information content (AvgIpc) is 2.73. The molecule has 1 heterocycles. The van der Waals surface area contributed by atoms with Gasteiger partial charge in [0.1, 0.15) is 0 Å². The van der Waals surface area contributed by atoms with Crippen LogP contribution in [0.25, 0.3) is 0 Å². The summed E-state index contributed by atoms with van der Waals surface area (Å²) in [6.07, 6.45) is 1.96. The Morgan fingerprint density at radius 1 is 1.47 bits per heavy atom. The summed E-state index contributed by atoms with van der Waals surface area (Å²) in [5.41, 5.74) is 2.59. The number of nitro benzene ring substituents is 1. The van der Waals surface area contributed by atoms with Crippen LogP contribution < -0.4 is 5.32 Å². The zero-order chi connectivity index (χ0) is 14.0. The van der Waals surface area contributed by atoms with Crippen molar-refractivity contribution < 1.29 is 4.92 Å². The highest BCUT2D eigenvalue weighted by Crippen LogP contribution is 2.30. The zero-order valence-electron chi connectivity index (χ0n) is 10.7. The number of nitrogens with zero attached hydrogens (tertiary/aromatic N) is 2. The minimum absolute atomic E-state index is 0.123. The molecule has 2 rings (SSSR count). The molecule has 0 aliphatic heterocycles. The summed E-state index contributed by atoms with van der Waals surface area (Å²) in [4.78, 5) is 10.6. The Morgan fingerprint density at radius 2 is 2.21 bits per heavy atom. The molecule has 0 saturated carbocycles. The fraction of sp³-hybridized carbons (Fsp3) is 0.231. The van der Waals surface area contributed by atoms with Crippen molar-refractivity contribution in [1.82, 2.24) is 4.57 Å². The van der Waals surface area contributed by atoms with E-state index in [0.717, 1.165) is 15.9 Å². The number of halogens is 1. The molecule has 2 aromatic rings. The molecule has 19 heavy (non-hydrogen) atoms. The van der Waals surface area contributed by atoms with Crippen LogP contribution in [-0.4, -0.2) is 9.49 Å². The van der Waals surface area contributed by atoms with Crippen molar-refractivity contribution in [3.63, 3.8) is 0 Å². The minimum atomic E-state index is -0.366. The Balaban J connectivity index is 2.23. The maximum Gasteiger partial charge on any atom is 0.274 e. The monoisotopic (exact) mass is 323 g/mol. The Hall–Kier alpha value is -1.82. The van der Waals surface area contributed by atoms with Crippen LogP contribution in [0.3, 0.4) is 0 Å². The predicted octanol–water partition coefficient (Wildman–Crippen LogP) is 3.62. The number of benzene rings is 1. The van der Waals surface area contributed by atoms with Gasteiger partial charge in [-0.3, -0.25) is 10.1 Å².